The van der Waals surface area contributed by atoms with E-state index in [0.717, 1.165) is 31.5 Å². The summed E-state index contributed by atoms with van der Waals surface area (Å²) in [4.78, 5) is 266. The second-order valence-electron chi connectivity index (χ2n) is 33.3. The summed E-state index contributed by atoms with van der Waals surface area (Å²) in [5, 5.41) is 100. The number of nitrogens with two attached hydrogens (primary N) is 1. The number of para-hydroxylation sites is 2. The molecule has 2 aromatic heterocycles. The van der Waals surface area contributed by atoms with Gasteiger partial charge in [-0.05, 0) is 85.9 Å². The molecule has 44 heteroatoms. The average Bonchev–Trinajstić information content (AvgIpc) is 1.10. The molecule has 43 nitrogen and oxygen atoms in total. The molecule has 0 unspecified atom stereocenters. The first-order valence-electron chi connectivity index (χ1n) is 43.3. The Kier molecular flexibility index (Phi) is 38.5. The average molecular weight is 1850 g/mol. The maximum atomic E-state index is 15.8. The normalized spacial score (nSPS) is 25.2. The number of fused-ring (bicyclic) bond motifs is 4. The van der Waals surface area contributed by atoms with Crippen LogP contribution in [0.5, 0.6) is 5.75 Å². The van der Waals surface area contributed by atoms with Crippen molar-refractivity contribution < 1.29 is 122 Å². The molecule has 3 aliphatic rings. The quantitative estimate of drug-likeness (QED) is 0.0280. The largest absolute Gasteiger partial charge is 0.508 e. The van der Waals surface area contributed by atoms with E-state index < -0.39 is 273 Å². The molecule has 20 N–H and O–H groups in total. The maximum absolute atomic E-state index is 15.8. The summed E-state index contributed by atoms with van der Waals surface area (Å²) in [5.74, 6) is -21.3. The Morgan fingerprint density at radius 1 is 0.550 bits per heavy atom. The molecule has 131 heavy (non-hydrogen) atoms. The second-order valence-corrected chi connectivity index (χ2v) is 34.4. The first-order chi connectivity index (χ1) is 62.2. The molecule has 0 spiro atoms. The zero-order chi connectivity index (χ0) is 96.4. The molecular weight excluding hydrogens is 1730 g/mol. The van der Waals surface area contributed by atoms with Gasteiger partial charge in [0.1, 0.15) is 96.9 Å². The van der Waals surface area contributed by atoms with E-state index in [4.69, 9.17) is 5.73 Å². The van der Waals surface area contributed by atoms with Gasteiger partial charge >= 0.3 is 11.9 Å². The fourth-order valence-corrected chi connectivity index (χ4v) is 16.8. The number of unbranched alkanes of at least 4 members (excludes halogenated alkanes) is 2. The number of hydrogen-bond donors (Lipinski definition) is 19. The topological polar surface area (TPSA) is 632 Å². The third-order valence-corrected chi connectivity index (χ3v) is 24.2. The number of aromatic amines is 1. The van der Waals surface area contributed by atoms with Crippen molar-refractivity contribution in [3.05, 3.63) is 102 Å². The van der Waals surface area contributed by atoms with Gasteiger partial charge in [-0.3, -0.25) is 86.3 Å². The minimum atomic E-state index is -1.98. The fourth-order valence-electron chi connectivity index (χ4n) is 16.0. The first-order valence-corrected chi connectivity index (χ1v) is 44.5. The van der Waals surface area contributed by atoms with Crippen LogP contribution in [0.25, 0.3) is 21.8 Å². The highest BCUT2D eigenvalue weighted by atomic mass is 32.2. The van der Waals surface area contributed by atoms with E-state index in [2.05, 4.69) is 58.2 Å². The number of rotatable bonds is 24. The number of thioether (sulfide) groups is 1. The van der Waals surface area contributed by atoms with Crippen molar-refractivity contribution in [3.8, 4) is 5.75 Å². The summed E-state index contributed by atoms with van der Waals surface area (Å²) in [5.41, 5.74) is 7.42. The van der Waals surface area contributed by atoms with Crippen LogP contribution in [0.4, 0.5) is 0 Å². The maximum Gasteiger partial charge on any atom is 0.323 e. The van der Waals surface area contributed by atoms with Crippen molar-refractivity contribution in [1.29, 1.82) is 0 Å². The molecule has 3 aliphatic heterocycles. The van der Waals surface area contributed by atoms with Gasteiger partial charge in [-0.2, -0.15) is 0 Å². The van der Waals surface area contributed by atoms with Crippen LogP contribution in [0.2, 0.25) is 0 Å². The Labute approximate surface area is 758 Å². The Hall–Kier alpha value is -12.8. The number of primary amides is 1. The number of benzene rings is 3. The third kappa shape index (κ3) is 28.1. The highest BCUT2D eigenvalue weighted by molar-refractivity contribution is 8.00. The monoisotopic (exact) mass is 1850 g/mol. The van der Waals surface area contributed by atoms with Crippen LogP contribution in [0, 0.1) is 5.92 Å². The van der Waals surface area contributed by atoms with Gasteiger partial charge in [0.15, 0.2) is 0 Å². The summed E-state index contributed by atoms with van der Waals surface area (Å²) in [6.45, 7) is 2.65. The molecule has 3 saturated heterocycles. The molecule has 714 valence electrons. The van der Waals surface area contributed by atoms with E-state index in [1.807, 2.05) is 0 Å². The highest BCUT2D eigenvalue weighted by Gasteiger charge is 2.47. The van der Waals surface area contributed by atoms with Crippen LogP contribution in [-0.2, 0) is 112 Å². The number of carboxylic acid groups (broad SMARTS) is 2. The summed E-state index contributed by atoms with van der Waals surface area (Å²) in [6.07, 6.45) is -0.0191. The number of aliphatic hydroxyl groups is 4. The first kappa shape index (κ1) is 104. The standard InChI is InChI=1S/C87H120N18O25S/c1-9-11-21-66-80(123)97-63(43-108)79(122)99-64(75(118)90-37-70(88)111)44-131-45-71(112)91-58(31-48-25-27-51(109)28-26-48)83(126)100(6)47(5)74(117)93-60(35-72(113)114)85(128)104-29-17-24-67(104)81(124)98-62(42-107)78(121)94-57(30-46(3)4)86(129)105-39-52(110)34-69(105)82(125)92-56(32-49-36-89-55-20-15-13-18-53(49)55)76(119)96-61(41-106)77(120)95-59(84(127)102(8)68(22-12-10-2)87(130)101(66)7)33-50-38-103(40-73(115)116)65-23-16-14-19-54(50)65/h13-16,18-20,23,25-28,36,38,46-47,52,56-64,66-69,89,106-110H,9-12,17,21-22,24,29-35,37,39-45H2,1-8H3,(H2,88,111)(H,90,118)(H,91,112)(H,92,125)(H,93,117)(H,94,121)(H,95,120)(H,96,119)(H,97,123)(H,98,124)(H,99,122)(H,113,114)(H,115,116)/t47-,52+,56-,57-,58-,59-,60+,61-,62-,63-,64-,66-,67-,68-,69-/m0/s1. The molecular formula is C87H120N18O25S. The number of phenolic OH excluding ortho intramolecular Hbond substituents is 1. The molecule has 3 fully saturated rings. The number of amides is 16. The Balaban J connectivity index is 1.19. The minimum Gasteiger partial charge on any atom is -0.508 e. The van der Waals surface area contributed by atoms with Gasteiger partial charge in [-0.1, -0.05) is 102 Å². The number of aliphatic hydroxyl groups excluding tert-OH is 4. The molecule has 5 heterocycles. The number of phenols is 1. The summed E-state index contributed by atoms with van der Waals surface area (Å²) < 4.78 is 1.39. The molecule has 0 aliphatic carbocycles. The van der Waals surface area contributed by atoms with Crippen molar-refractivity contribution in [2.75, 3.05) is 72.1 Å². The van der Waals surface area contributed by atoms with Crippen LogP contribution >= 0.6 is 11.8 Å². The Morgan fingerprint density at radius 2 is 1.08 bits per heavy atom. The summed E-state index contributed by atoms with van der Waals surface area (Å²) in [6, 6.07) is -4.82. The molecule has 15 atom stereocenters. The summed E-state index contributed by atoms with van der Waals surface area (Å²) in [7, 11) is 3.67. The van der Waals surface area contributed by atoms with Crippen LogP contribution < -0.4 is 58.9 Å². The van der Waals surface area contributed by atoms with Gasteiger partial charge < -0.3 is 129 Å². The lowest BCUT2D eigenvalue weighted by Gasteiger charge is -2.36. The second kappa shape index (κ2) is 48.7. The predicted octanol–water partition coefficient (Wildman–Crippen LogP) is -4.02. The molecule has 8 rings (SSSR count). The lowest BCUT2D eigenvalue weighted by molar-refractivity contribution is -0.149. The van der Waals surface area contributed by atoms with Crippen molar-refractivity contribution >= 4 is 140 Å². The van der Waals surface area contributed by atoms with E-state index in [0.29, 0.717) is 63.1 Å². The van der Waals surface area contributed by atoms with Crippen molar-refractivity contribution in [2.24, 2.45) is 11.7 Å². The van der Waals surface area contributed by atoms with Gasteiger partial charge in [-0.15, -0.1) is 11.8 Å². The number of H-pyrrole nitrogens is 1. The zero-order valence-electron chi connectivity index (χ0n) is 74.2. The zero-order valence-corrected chi connectivity index (χ0v) is 75.0. The number of nitrogens with zero attached hydrogens (tertiary/aromatic N) is 6. The van der Waals surface area contributed by atoms with Crippen LogP contribution in [0.1, 0.15) is 122 Å². The van der Waals surface area contributed by atoms with Crippen molar-refractivity contribution in [3.63, 3.8) is 0 Å². The SMILES string of the molecule is CCCC[C@H]1C(=O)N(C)[C@@H](CCCC)C(=O)N[C@@H](CO)C(=O)N[C@H](C(=O)NCC(N)=O)CSCC(=O)N[C@@H](Cc2ccc(O)cc2)C(=O)N(C)[C@@H](C)C(=O)N[C@H](CC(=O)O)C(=O)N2CCC[C@H]2C(=O)N[C@@H](CO)C(=O)N[C@@H](CC(C)C)C(=O)N2C[C@H](O)C[C@H]2C(=O)N[C@@H](Cc2c[nH]c3ccccc23)C(=O)N[C@@H](CO)C(=O)N[C@@H](Cc2cn(CC(=O)O)c3ccccc23)C(=O)N1C. The van der Waals surface area contributed by atoms with Gasteiger partial charge in [-0.25, -0.2) is 0 Å². The van der Waals surface area contributed by atoms with Gasteiger partial charge in [0.2, 0.25) is 94.5 Å². The van der Waals surface area contributed by atoms with Gasteiger partial charge in [0, 0.05) is 99.9 Å². The minimum absolute atomic E-state index is 0.0899. The lowest BCUT2D eigenvalue weighted by Crippen LogP contribution is -2.62. The van der Waals surface area contributed by atoms with Crippen LogP contribution in [0.15, 0.2) is 85.2 Å². The smallest absolute Gasteiger partial charge is 0.323 e. The van der Waals surface area contributed by atoms with Crippen LogP contribution in [0.3, 0.4) is 0 Å². The summed E-state index contributed by atoms with van der Waals surface area (Å²) >= 11 is 0.694. The molecule has 5 aromatic rings. The number of likely N-dealkylation sites (N-methyl/N-ethyl adjacent to an activating group) is 3. The van der Waals surface area contributed by atoms with E-state index in [9.17, 15) is 93.3 Å². The molecule has 0 saturated carbocycles. The number of carbonyl (C=O) groups excluding carboxylic acids is 16. The van der Waals surface area contributed by atoms with Crippen molar-refractivity contribution in [1.82, 2.24) is 87.2 Å². The van der Waals surface area contributed by atoms with E-state index in [1.165, 1.54) is 56.0 Å². The number of aliphatic carboxylic acids is 2. The molecule has 16 amide bonds. The van der Waals surface area contributed by atoms with Gasteiger partial charge in [0.05, 0.1) is 44.6 Å². The van der Waals surface area contributed by atoms with Crippen molar-refractivity contribution in [2.45, 2.75) is 222 Å². The van der Waals surface area contributed by atoms with E-state index in [1.54, 1.807) is 82.4 Å². The highest BCUT2D eigenvalue weighted by Crippen LogP contribution is 2.29. The number of aromatic hydroxyl groups is 1. The lowest BCUT2D eigenvalue weighted by atomic mass is 10.00. The number of carbonyl (C=O) groups is 18. The fraction of sp³-hybridized carbons (Fsp3) is 0.540. The van der Waals surface area contributed by atoms with E-state index in [-0.39, 0.29) is 70.1 Å². The number of aromatic nitrogens is 2. The molecule has 0 bridgehead atoms. The Morgan fingerprint density at radius 3 is 1.69 bits per heavy atom. The van der Waals surface area contributed by atoms with Gasteiger partial charge in [0.25, 0.3) is 0 Å². The number of nitrogens with one attached hydrogen (secondary N) is 11. The molecule has 3 aromatic carbocycles. The Bertz CT molecular complexity index is 4970. The number of hydrogen-bond acceptors (Lipinski definition) is 24. The van der Waals surface area contributed by atoms with Crippen LogP contribution in [-0.4, -0.2) is 339 Å². The van der Waals surface area contributed by atoms with E-state index >= 15 is 28.8 Å². The number of carboxylic acids is 2. The molecule has 0 radical (unpaired) electrons. The third-order valence-electron chi connectivity index (χ3n) is 23.2. The predicted molar refractivity (Wildman–Crippen MR) is 472 cm³/mol.